The van der Waals surface area contributed by atoms with Gasteiger partial charge in [0.15, 0.2) is 0 Å². The first kappa shape index (κ1) is 22.4. The number of methoxy groups -OCH3 is 1. The van der Waals surface area contributed by atoms with E-state index in [1.807, 2.05) is 56.3 Å². The zero-order chi connectivity index (χ0) is 22.2. The molecule has 2 aromatic carbocycles. The minimum atomic E-state index is -0.609. The quantitative estimate of drug-likeness (QED) is 0.605. The van der Waals surface area contributed by atoms with Crippen LogP contribution in [0.15, 0.2) is 65.9 Å². The van der Waals surface area contributed by atoms with Crippen molar-refractivity contribution in [2.45, 2.75) is 26.4 Å². The van der Waals surface area contributed by atoms with Crippen molar-refractivity contribution in [2.75, 3.05) is 26.8 Å². The number of hydrogen-bond donors (Lipinski definition) is 2. The van der Waals surface area contributed by atoms with Gasteiger partial charge in [0, 0.05) is 18.8 Å². The van der Waals surface area contributed by atoms with Crippen LogP contribution in [0.25, 0.3) is 0 Å². The smallest absolute Gasteiger partial charge is 0.338 e. The van der Waals surface area contributed by atoms with Crippen LogP contribution in [-0.2, 0) is 16.1 Å². The topological polar surface area (TPSA) is 79.9 Å². The third kappa shape index (κ3) is 5.64. The van der Waals surface area contributed by atoms with Crippen molar-refractivity contribution < 1.29 is 19.1 Å². The number of nitrogens with zero attached hydrogens (tertiary/aromatic N) is 1. The number of nitrogens with one attached hydrogen (secondary N) is 2. The van der Waals surface area contributed by atoms with E-state index in [1.54, 1.807) is 0 Å². The highest BCUT2D eigenvalue weighted by atomic mass is 16.5. The predicted molar refractivity (Wildman–Crippen MR) is 118 cm³/mol. The highest BCUT2D eigenvalue weighted by molar-refractivity contribution is 5.95. The van der Waals surface area contributed by atoms with Crippen molar-refractivity contribution in [3.8, 4) is 5.75 Å². The number of hydrogen-bond acceptors (Lipinski definition) is 5. The lowest BCUT2D eigenvalue weighted by Gasteiger charge is -2.31. The maximum absolute atomic E-state index is 12.8. The second-order valence-electron chi connectivity index (χ2n) is 7.21. The van der Waals surface area contributed by atoms with Crippen LogP contribution in [0.4, 0.5) is 4.79 Å². The van der Waals surface area contributed by atoms with Crippen LogP contribution < -0.4 is 15.4 Å². The first-order chi connectivity index (χ1) is 15.0. The van der Waals surface area contributed by atoms with Gasteiger partial charge in [0.25, 0.3) is 0 Å². The lowest BCUT2D eigenvalue weighted by molar-refractivity contribution is -0.136. The number of benzene rings is 2. The zero-order valence-electron chi connectivity index (χ0n) is 18.2. The average Bonchev–Trinajstić information content (AvgIpc) is 2.79. The van der Waals surface area contributed by atoms with Gasteiger partial charge in [-0.05, 0) is 36.7 Å². The summed E-state index contributed by atoms with van der Waals surface area (Å²) < 4.78 is 10.6. The van der Waals surface area contributed by atoms with Gasteiger partial charge in [-0.25, -0.2) is 9.59 Å². The Bertz CT molecular complexity index is 926. The molecule has 0 fully saturated rings. The number of likely N-dealkylation sites (N-methyl/N-ethyl adjacent to an activating group) is 1. The summed E-state index contributed by atoms with van der Waals surface area (Å²) in [6.07, 6.45) is 0. The van der Waals surface area contributed by atoms with Gasteiger partial charge in [-0.2, -0.15) is 0 Å². The summed E-state index contributed by atoms with van der Waals surface area (Å²) in [5, 5.41) is 5.68. The van der Waals surface area contributed by atoms with E-state index in [4.69, 9.17) is 9.47 Å². The molecule has 31 heavy (non-hydrogen) atoms. The van der Waals surface area contributed by atoms with Crippen LogP contribution in [-0.4, -0.2) is 43.7 Å². The van der Waals surface area contributed by atoms with Gasteiger partial charge in [-0.3, -0.25) is 4.90 Å². The molecule has 0 bridgehead atoms. The predicted octanol–water partition coefficient (Wildman–Crippen LogP) is 3.39. The molecule has 0 aliphatic carbocycles. The van der Waals surface area contributed by atoms with Gasteiger partial charge >= 0.3 is 12.0 Å². The Labute approximate surface area is 183 Å². The standard InChI is InChI=1S/C24H29N3O4/c1-4-27(15-17-9-7-6-8-10-17)16-20-21(23(28)30-3)22(26-24(29)25-20)18-11-13-19(14-12-18)31-5-2/h6-14,22H,4-5,15-16H2,1-3H3,(H2,25,26,29). The van der Waals surface area contributed by atoms with Crippen LogP contribution in [0, 0.1) is 0 Å². The van der Waals surface area contributed by atoms with E-state index in [0.717, 1.165) is 23.4 Å². The van der Waals surface area contributed by atoms with E-state index in [9.17, 15) is 9.59 Å². The Morgan fingerprint density at radius 1 is 1.03 bits per heavy atom. The van der Waals surface area contributed by atoms with Gasteiger partial charge in [-0.15, -0.1) is 0 Å². The molecule has 3 rings (SSSR count). The fourth-order valence-electron chi connectivity index (χ4n) is 3.61. The molecule has 7 nitrogen and oxygen atoms in total. The summed E-state index contributed by atoms with van der Waals surface area (Å²) in [6.45, 7) is 6.40. The Morgan fingerprint density at radius 3 is 2.35 bits per heavy atom. The van der Waals surface area contributed by atoms with Crippen molar-refractivity contribution in [3.05, 3.63) is 77.0 Å². The molecule has 1 unspecified atom stereocenters. The average molecular weight is 424 g/mol. The van der Waals surface area contributed by atoms with Crippen LogP contribution in [0.5, 0.6) is 5.75 Å². The molecule has 164 valence electrons. The van der Waals surface area contributed by atoms with E-state index in [0.29, 0.717) is 31.0 Å². The summed E-state index contributed by atoms with van der Waals surface area (Å²) in [6, 6.07) is 16.5. The number of amides is 2. The summed E-state index contributed by atoms with van der Waals surface area (Å²) in [5.74, 6) is 0.257. The monoisotopic (exact) mass is 423 g/mol. The molecule has 0 spiro atoms. The molecule has 1 aliphatic heterocycles. The van der Waals surface area contributed by atoms with Crippen molar-refractivity contribution in [2.24, 2.45) is 0 Å². The Hall–Kier alpha value is -3.32. The van der Waals surface area contributed by atoms with Crippen LogP contribution in [0.1, 0.15) is 31.0 Å². The molecule has 0 radical (unpaired) electrons. The number of carbonyl (C=O) groups is 2. The molecule has 7 heteroatoms. The lowest BCUT2D eigenvalue weighted by atomic mass is 9.95. The largest absolute Gasteiger partial charge is 0.494 e. The second kappa shape index (κ2) is 10.6. The summed E-state index contributed by atoms with van der Waals surface area (Å²) in [4.78, 5) is 27.4. The fourth-order valence-corrected chi connectivity index (χ4v) is 3.61. The van der Waals surface area contributed by atoms with E-state index < -0.39 is 12.0 Å². The summed E-state index contributed by atoms with van der Waals surface area (Å²) in [7, 11) is 1.35. The maximum atomic E-state index is 12.8. The Balaban J connectivity index is 1.93. The van der Waals surface area contributed by atoms with Gasteiger partial charge in [0.05, 0.1) is 25.3 Å². The van der Waals surface area contributed by atoms with Crippen molar-refractivity contribution in [1.82, 2.24) is 15.5 Å². The highest BCUT2D eigenvalue weighted by Crippen LogP contribution is 2.29. The summed E-state index contributed by atoms with van der Waals surface area (Å²) >= 11 is 0. The number of rotatable bonds is 9. The summed E-state index contributed by atoms with van der Waals surface area (Å²) in [5.41, 5.74) is 2.89. The van der Waals surface area contributed by atoms with Crippen molar-refractivity contribution in [3.63, 3.8) is 0 Å². The molecule has 2 aromatic rings. The molecule has 2 amide bonds. The van der Waals surface area contributed by atoms with Gasteiger partial charge < -0.3 is 20.1 Å². The van der Waals surface area contributed by atoms with E-state index >= 15 is 0 Å². The molecule has 0 aromatic heterocycles. The van der Waals surface area contributed by atoms with E-state index in [-0.39, 0.29) is 6.03 Å². The molecule has 0 saturated carbocycles. The molecular weight excluding hydrogens is 394 g/mol. The fraction of sp³-hybridized carbons (Fsp3) is 0.333. The third-order valence-electron chi connectivity index (χ3n) is 5.16. The normalized spacial score (nSPS) is 16.0. The molecular formula is C24H29N3O4. The SMILES string of the molecule is CCOc1ccc(C2NC(=O)NC(CN(CC)Cc3ccccc3)=C2C(=O)OC)cc1. The van der Waals surface area contributed by atoms with Crippen molar-refractivity contribution in [1.29, 1.82) is 0 Å². The van der Waals surface area contributed by atoms with Crippen LogP contribution >= 0.6 is 0 Å². The lowest BCUT2D eigenvalue weighted by Crippen LogP contribution is -2.48. The van der Waals surface area contributed by atoms with Crippen molar-refractivity contribution >= 4 is 12.0 Å². The van der Waals surface area contributed by atoms with Gasteiger partial charge in [0.1, 0.15) is 5.75 Å². The maximum Gasteiger partial charge on any atom is 0.338 e. The first-order valence-corrected chi connectivity index (χ1v) is 10.4. The van der Waals surface area contributed by atoms with Gasteiger partial charge in [-0.1, -0.05) is 49.4 Å². The molecule has 2 N–H and O–H groups in total. The number of esters is 1. The number of ether oxygens (including phenoxy) is 2. The zero-order valence-corrected chi connectivity index (χ0v) is 18.2. The first-order valence-electron chi connectivity index (χ1n) is 10.4. The van der Waals surface area contributed by atoms with E-state index in [2.05, 4.69) is 27.7 Å². The molecule has 1 atom stereocenters. The van der Waals surface area contributed by atoms with E-state index in [1.165, 1.54) is 7.11 Å². The number of carbonyl (C=O) groups excluding carboxylic acids is 2. The number of urea groups is 1. The molecule has 0 saturated heterocycles. The van der Waals surface area contributed by atoms with Crippen LogP contribution in [0.3, 0.4) is 0 Å². The third-order valence-corrected chi connectivity index (χ3v) is 5.16. The second-order valence-corrected chi connectivity index (χ2v) is 7.21. The Morgan fingerprint density at radius 2 is 1.74 bits per heavy atom. The minimum Gasteiger partial charge on any atom is -0.494 e. The molecule has 1 aliphatic rings. The highest BCUT2D eigenvalue weighted by Gasteiger charge is 2.34. The van der Waals surface area contributed by atoms with Crippen LogP contribution in [0.2, 0.25) is 0 Å². The Kier molecular flexibility index (Phi) is 7.67. The molecule has 1 heterocycles. The van der Waals surface area contributed by atoms with Gasteiger partial charge in [0.2, 0.25) is 0 Å². The minimum absolute atomic E-state index is 0.350.